The maximum Gasteiger partial charge on any atom is 0.320 e. The summed E-state index contributed by atoms with van der Waals surface area (Å²) >= 11 is 8.04. The van der Waals surface area contributed by atoms with Crippen LogP contribution in [0.3, 0.4) is 0 Å². The van der Waals surface area contributed by atoms with Crippen LogP contribution in [0.1, 0.15) is 59.6 Å². The third kappa shape index (κ3) is 6.88. The second-order valence-corrected chi connectivity index (χ2v) is 13.5. The number of halogens is 1. The first-order valence-electron chi connectivity index (χ1n) is 14.0. The summed E-state index contributed by atoms with van der Waals surface area (Å²) in [6.45, 7) is 14.6. The normalized spacial score (nSPS) is 12.2. The molecule has 5 rings (SSSR count). The first kappa shape index (κ1) is 29.9. The zero-order chi connectivity index (χ0) is 30.2. The highest BCUT2D eigenvalue weighted by molar-refractivity contribution is 7.17. The lowest BCUT2D eigenvalue weighted by atomic mass is 10.0. The number of carbonyl (C=O) groups is 1. The largest absolute Gasteiger partial charge is 0.471 e. The number of rotatable bonds is 8. The molecule has 220 valence electrons. The third-order valence-electron chi connectivity index (χ3n) is 6.40. The highest BCUT2D eigenvalue weighted by Gasteiger charge is 2.22. The van der Waals surface area contributed by atoms with Gasteiger partial charge in [0, 0.05) is 39.6 Å². The molecule has 0 saturated heterocycles. The Morgan fingerprint density at radius 3 is 2.45 bits per heavy atom. The molecule has 5 aromatic rings. The molecule has 0 saturated carbocycles. The number of hydrogen-bond acceptors (Lipinski definition) is 7. The smallest absolute Gasteiger partial charge is 0.320 e. The van der Waals surface area contributed by atoms with Crippen LogP contribution in [-0.2, 0) is 22.5 Å². The van der Waals surface area contributed by atoms with Crippen LogP contribution in [0.2, 0.25) is 5.02 Å². The number of hydrogen-bond donors (Lipinski definition) is 0. The molecule has 0 bridgehead atoms. The molecule has 0 aliphatic rings. The van der Waals surface area contributed by atoms with Crippen molar-refractivity contribution < 1.29 is 19.0 Å². The average Bonchev–Trinajstić information content (AvgIpc) is 3.43. The van der Waals surface area contributed by atoms with Gasteiger partial charge in [0.15, 0.2) is 0 Å². The Balaban J connectivity index is 1.63. The van der Waals surface area contributed by atoms with Gasteiger partial charge in [-0.05, 0) is 100 Å². The van der Waals surface area contributed by atoms with Crippen LogP contribution >= 0.6 is 22.9 Å². The first-order valence-corrected chi connectivity index (χ1v) is 15.2. The molecule has 3 aromatic heterocycles. The molecule has 0 aliphatic heterocycles. The molecule has 0 aliphatic carbocycles. The summed E-state index contributed by atoms with van der Waals surface area (Å²) in [5.74, 6) is 0.191. The van der Waals surface area contributed by atoms with E-state index in [-0.39, 0.29) is 18.4 Å². The number of aromatic nitrogens is 3. The Labute approximate surface area is 255 Å². The van der Waals surface area contributed by atoms with Crippen LogP contribution < -0.4 is 9.47 Å². The highest BCUT2D eigenvalue weighted by Crippen LogP contribution is 2.36. The van der Waals surface area contributed by atoms with Gasteiger partial charge in [0.2, 0.25) is 5.88 Å². The van der Waals surface area contributed by atoms with Crippen molar-refractivity contribution in [1.29, 1.82) is 0 Å². The second-order valence-electron chi connectivity index (χ2n) is 12.2. The average molecular weight is 606 g/mol. The maximum atomic E-state index is 12.5. The van der Waals surface area contributed by atoms with Crippen LogP contribution in [0.4, 0.5) is 0 Å². The van der Waals surface area contributed by atoms with E-state index >= 15 is 0 Å². The molecule has 0 radical (unpaired) electrons. The molecule has 0 fully saturated rings. The SMILES string of the molecule is CCOC(=O)Cc1cn(Cc2csc3ccc(Cl)cc23)c2cc(-c3cnc(OC(C)(C)C)nc3OC(C)(C)C)ccc12. The number of nitrogens with zero attached hydrogens (tertiary/aromatic N) is 3. The van der Waals surface area contributed by atoms with E-state index in [9.17, 15) is 4.79 Å². The summed E-state index contributed by atoms with van der Waals surface area (Å²) in [6, 6.07) is 12.4. The zero-order valence-corrected chi connectivity index (χ0v) is 26.7. The topological polar surface area (TPSA) is 75.5 Å². The van der Waals surface area contributed by atoms with Gasteiger partial charge in [-0.2, -0.15) is 4.98 Å². The third-order valence-corrected chi connectivity index (χ3v) is 7.65. The minimum atomic E-state index is -0.486. The number of fused-ring (bicyclic) bond motifs is 2. The van der Waals surface area contributed by atoms with Gasteiger partial charge in [0.25, 0.3) is 0 Å². The van der Waals surface area contributed by atoms with Crippen molar-refractivity contribution in [1.82, 2.24) is 14.5 Å². The molecule has 0 unspecified atom stereocenters. The molecule has 42 heavy (non-hydrogen) atoms. The number of esters is 1. The summed E-state index contributed by atoms with van der Waals surface area (Å²) in [7, 11) is 0. The van der Waals surface area contributed by atoms with Crippen LogP contribution in [0, 0.1) is 0 Å². The summed E-state index contributed by atoms with van der Waals surface area (Å²) in [6.07, 6.45) is 3.98. The standard InChI is InChI=1S/C33H36ClN3O4S/c1-8-39-29(38)14-21-17-37(18-22-19-42-28-12-10-23(34)15-25(22)28)27-13-20(9-11-24(21)27)26-16-35-31(41-33(5,6)7)36-30(26)40-32(2,3)4/h9-13,15-17,19H,8,14,18H2,1-7H3. The highest BCUT2D eigenvalue weighted by atomic mass is 35.5. The number of ether oxygens (including phenoxy) is 3. The van der Waals surface area contributed by atoms with Gasteiger partial charge in [-0.15, -0.1) is 11.3 Å². The van der Waals surface area contributed by atoms with Crippen molar-refractivity contribution in [3.63, 3.8) is 0 Å². The fourth-order valence-corrected chi connectivity index (χ4v) is 5.88. The van der Waals surface area contributed by atoms with E-state index in [0.717, 1.165) is 38.5 Å². The minimum absolute atomic E-state index is 0.188. The van der Waals surface area contributed by atoms with Crippen molar-refractivity contribution in [3.05, 3.63) is 70.3 Å². The maximum absolute atomic E-state index is 12.5. The fraction of sp³-hybridized carbons (Fsp3) is 0.364. The Bertz CT molecular complexity index is 1760. The number of carbonyl (C=O) groups excluding carboxylic acids is 1. The van der Waals surface area contributed by atoms with Crippen LogP contribution in [0.25, 0.3) is 32.1 Å². The van der Waals surface area contributed by atoms with Gasteiger partial charge in [-0.3, -0.25) is 4.79 Å². The van der Waals surface area contributed by atoms with E-state index in [4.69, 9.17) is 25.8 Å². The molecular weight excluding hydrogens is 570 g/mol. The summed E-state index contributed by atoms with van der Waals surface area (Å²) in [4.78, 5) is 21.7. The lowest BCUT2D eigenvalue weighted by Crippen LogP contribution is -2.26. The van der Waals surface area contributed by atoms with Crippen LogP contribution in [-0.4, -0.2) is 38.3 Å². The van der Waals surface area contributed by atoms with Gasteiger partial charge in [-0.1, -0.05) is 23.7 Å². The van der Waals surface area contributed by atoms with Crippen molar-refractivity contribution in [2.24, 2.45) is 0 Å². The van der Waals surface area contributed by atoms with Gasteiger partial charge in [0.1, 0.15) is 11.2 Å². The quantitative estimate of drug-likeness (QED) is 0.165. The van der Waals surface area contributed by atoms with Gasteiger partial charge in [-0.25, -0.2) is 4.98 Å². The lowest BCUT2D eigenvalue weighted by molar-refractivity contribution is -0.142. The number of benzene rings is 2. The fourth-order valence-electron chi connectivity index (χ4n) is 4.77. The van der Waals surface area contributed by atoms with Gasteiger partial charge in [0.05, 0.1) is 18.6 Å². The summed E-state index contributed by atoms with van der Waals surface area (Å²) in [5.41, 5.74) is 3.75. The lowest BCUT2D eigenvalue weighted by Gasteiger charge is -2.24. The molecule has 3 heterocycles. The van der Waals surface area contributed by atoms with Crippen LogP contribution in [0.15, 0.2) is 54.2 Å². The number of thiophene rings is 1. The Hall–Kier alpha value is -3.62. The molecule has 0 amide bonds. The van der Waals surface area contributed by atoms with Crippen LogP contribution in [0.5, 0.6) is 11.9 Å². The minimum Gasteiger partial charge on any atom is -0.471 e. The predicted molar refractivity (Wildman–Crippen MR) is 170 cm³/mol. The van der Waals surface area contributed by atoms with Crippen molar-refractivity contribution >= 4 is 49.9 Å². The van der Waals surface area contributed by atoms with E-state index in [1.807, 2.05) is 85.0 Å². The Kier molecular flexibility index (Phi) is 8.23. The molecule has 2 aromatic carbocycles. The molecule has 7 nitrogen and oxygen atoms in total. The zero-order valence-electron chi connectivity index (χ0n) is 25.1. The van der Waals surface area contributed by atoms with E-state index in [2.05, 4.69) is 26.0 Å². The van der Waals surface area contributed by atoms with Crippen molar-refractivity contribution in [2.45, 2.75) is 72.6 Å². The van der Waals surface area contributed by atoms with Crippen molar-refractivity contribution in [2.75, 3.05) is 6.61 Å². The summed E-state index contributed by atoms with van der Waals surface area (Å²) in [5, 5.41) is 4.98. The molecular formula is C33H36ClN3O4S. The second kappa shape index (κ2) is 11.6. The summed E-state index contributed by atoms with van der Waals surface area (Å²) < 4.78 is 20.9. The predicted octanol–water partition coefficient (Wildman–Crippen LogP) is 8.47. The van der Waals surface area contributed by atoms with E-state index in [1.54, 1.807) is 17.5 Å². The molecule has 9 heteroatoms. The van der Waals surface area contributed by atoms with E-state index in [0.29, 0.717) is 24.1 Å². The monoisotopic (exact) mass is 605 g/mol. The van der Waals surface area contributed by atoms with Gasteiger partial charge < -0.3 is 18.8 Å². The van der Waals surface area contributed by atoms with E-state index in [1.165, 1.54) is 4.70 Å². The Morgan fingerprint density at radius 2 is 1.74 bits per heavy atom. The van der Waals surface area contributed by atoms with Gasteiger partial charge >= 0.3 is 12.0 Å². The Morgan fingerprint density at radius 1 is 0.976 bits per heavy atom. The van der Waals surface area contributed by atoms with E-state index < -0.39 is 11.2 Å². The molecule has 0 N–H and O–H groups in total. The van der Waals surface area contributed by atoms with Crippen molar-refractivity contribution in [3.8, 4) is 23.0 Å². The first-order chi connectivity index (χ1) is 19.8. The molecule has 0 atom stereocenters. The molecule has 0 spiro atoms.